The third-order valence-electron chi connectivity index (χ3n) is 4.73. The van der Waals surface area contributed by atoms with Gasteiger partial charge in [-0.15, -0.1) is 0 Å². The first-order valence-corrected chi connectivity index (χ1v) is 12.0. The molecule has 0 fully saturated rings. The van der Waals surface area contributed by atoms with Gasteiger partial charge in [-0.2, -0.15) is 0 Å². The maximum Gasteiger partial charge on any atom is 0.274 e. The van der Waals surface area contributed by atoms with Crippen molar-refractivity contribution in [3.8, 4) is 5.88 Å². The number of carbonyl (C=O) groups excluding carboxylic acids is 1. The molecular formula is C24H22N6O4S. The summed E-state index contributed by atoms with van der Waals surface area (Å²) < 4.78 is 33.5. The van der Waals surface area contributed by atoms with Crippen molar-refractivity contribution in [3.05, 3.63) is 95.8 Å². The molecule has 0 saturated carbocycles. The first-order valence-electron chi connectivity index (χ1n) is 10.5. The van der Waals surface area contributed by atoms with Gasteiger partial charge in [0.25, 0.3) is 15.9 Å². The van der Waals surface area contributed by atoms with Crippen LogP contribution in [0.4, 0.5) is 11.5 Å². The Bertz CT molecular complexity index is 1420. The summed E-state index contributed by atoms with van der Waals surface area (Å²) in [5.74, 6) is 0.412. The molecule has 35 heavy (non-hydrogen) atoms. The Hall–Kier alpha value is -4.38. The van der Waals surface area contributed by atoms with E-state index in [2.05, 4.69) is 30.0 Å². The Kier molecular flexibility index (Phi) is 6.97. The summed E-state index contributed by atoms with van der Waals surface area (Å²) in [7, 11) is -3.87. The SMILES string of the molecule is Cc1cc(NS(=O)(=O)c2ccc(NC(=O)c3cc(OCc4ccccc4)ncn3)cc2)nc(C)n1. The van der Waals surface area contributed by atoms with E-state index in [1.807, 2.05) is 30.3 Å². The number of nitrogens with one attached hydrogen (secondary N) is 2. The fraction of sp³-hybridized carbons (Fsp3) is 0.125. The third-order valence-corrected chi connectivity index (χ3v) is 6.10. The summed E-state index contributed by atoms with van der Waals surface area (Å²) in [5.41, 5.74) is 2.11. The summed E-state index contributed by atoms with van der Waals surface area (Å²) in [4.78, 5) is 28.9. The van der Waals surface area contributed by atoms with Crippen LogP contribution < -0.4 is 14.8 Å². The first-order chi connectivity index (χ1) is 16.8. The van der Waals surface area contributed by atoms with E-state index in [0.29, 0.717) is 23.8 Å². The number of aromatic nitrogens is 4. The summed E-state index contributed by atoms with van der Waals surface area (Å²) >= 11 is 0. The molecule has 0 saturated heterocycles. The molecular weight excluding hydrogens is 468 g/mol. The highest BCUT2D eigenvalue weighted by atomic mass is 32.2. The van der Waals surface area contributed by atoms with E-state index in [-0.39, 0.29) is 22.3 Å². The van der Waals surface area contributed by atoms with E-state index >= 15 is 0 Å². The van der Waals surface area contributed by atoms with Crippen LogP contribution in [0.3, 0.4) is 0 Å². The normalized spacial score (nSPS) is 11.0. The lowest BCUT2D eigenvalue weighted by atomic mass is 10.2. The number of hydrogen-bond donors (Lipinski definition) is 2. The molecule has 0 atom stereocenters. The second-order valence-electron chi connectivity index (χ2n) is 7.54. The minimum absolute atomic E-state index is 0.0167. The van der Waals surface area contributed by atoms with Gasteiger partial charge in [-0.1, -0.05) is 30.3 Å². The summed E-state index contributed by atoms with van der Waals surface area (Å²) in [5, 5.41) is 2.68. The monoisotopic (exact) mass is 490 g/mol. The topological polar surface area (TPSA) is 136 Å². The van der Waals surface area contributed by atoms with Gasteiger partial charge in [-0.25, -0.2) is 28.4 Å². The molecule has 0 spiro atoms. The van der Waals surface area contributed by atoms with Crippen LogP contribution >= 0.6 is 0 Å². The van der Waals surface area contributed by atoms with Crippen LogP contribution in [0.2, 0.25) is 0 Å². The van der Waals surface area contributed by atoms with Crippen molar-refractivity contribution in [2.45, 2.75) is 25.3 Å². The van der Waals surface area contributed by atoms with Gasteiger partial charge in [0.2, 0.25) is 5.88 Å². The zero-order chi connectivity index (χ0) is 24.8. The molecule has 178 valence electrons. The number of anilines is 2. The molecule has 1 amide bonds. The highest BCUT2D eigenvalue weighted by Gasteiger charge is 2.16. The molecule has 2 N–H and O–H groups in total. The number of benzene rings is 2. The minimum atomic E-state index is -3.87. The van der Waals surface area contributed by atoms with E-state index in [0.717, 1.165) is 5.56 Å². The van der Waals surface area contributed by atoms with Gasteiger partial charge in [0.1, 0.15) is 30.3 Å². The Morgan fingerprint density at radius 1 is 0.943 bits per heavy atom. The number of ether oxygens (including phenoxy) is 1. The number of nitrogens with zero attached hydrogens (tertiary/aromatic N) is 4. The Morgan fingerprint density at radius 2 is 1.69 bits per heavy atom. The van der Waals surface area contributed by atoms with Gasteiger partial charge in [0, 0.05) is 23.5 Å². The van der Waals surface area contributed by atoms with Crippen LogP contribution in [-0.2, 0) is 16.6 Å². The van der Waals surface area contributed by atoms with E-state index in [1.165, 1.54) is 36.7 Å². The van der Waals surface area contributed by atoms with Crippen LogP contribution in [0, 0.1) is 13.8 Å². The number of rotatable bonds is 8. The Labute approximate surface area is 202 Å². The second kappa shape index (κ2) is 10.3. The zero-order valence-electron chi connectivity index (χ0n) is 19.0. The standard InChI is InChI=1S/C24H22N6O4S/c1-16-12-22(28-17(2)27-16)30-35(32,33)20-10-8-19(9-11-20)29-24(31)21-13-23(26-15-25-21)34-14-18-6-4-3-5-7-18/h3-13,15H,14H2,1-2H3,(H,29,31)(H,27,28,30). The van der Waals surface area contributed by atoms with Crippen molar-refractivity contribution in [3.63, 3.8) is 0 Å². The van der Waals surface area contributed by atoms with Crippen LogP contribution in [0.15, 0.2) is 78.0 Å². The fourth-order valence-corrected chi connectivity index (χ4v) is 4.14. The van der Waals surface area contributed by atoms with Crippen molar-refractivity contribution in [1.82, 2.24) is 19.9 Å². The molecule has 0 bridgehead atoms. The molecule has 2 aromatic heterocycles. The van der Waals surface area contributed by atoms with Crippen molar-refractivity contribution in [2.24, 2.45) is 0 Å². The molecule has 0 radical (unpaired) electrons. The van der Waals surface area contributed by atoms with Crippen LogP contribution in [0.1, 0.15) is 27.6 Å². The molecule has 11 heteroatoms. The highest BCUT2D eigenvalue weighted by molar-refractivity contribution is 7.92. The maximum absolute atomic E-state index is 12.7. The van der Waals surface area contributed by atoms with Crippen LogP contribution in [0.5, 0.6) is 5.88 Å². The average Bonchev–Trinajstić information content (AvgIpc) is 2.83. The quantitative estimate of drug-likeness (QED) is 0.383. The second-order valence-corrected chi connectivity index (χ2v) is 9.22. The van der Waals surface area contributed by atoms with Crippen LogP contribution in [-0.4, -0.2) is 34.3 Å². The lowest BCUT2D eigenvalue weighted by Gasteiger charge is -2.10. The molecule has 4 aromatic rings. The molecule has 2 aromatic carbocycles. The Balaban J connectivity index is 1.40. The van der Waals surface area contributed by atoms with Gasteiger partial charge >= 0.3 is 0 Å². The lowest BCUT2D eigenvalue weighted by Crippen LogP contribution is -2.16. The first kappa shape index (κ1) is 23.8. The van der Waals surface area contributed by atoms with Crippen molar-refractivity contribution < 1.29 is 17.9 Å². The predicted octanol–water partition coefficient (Wildman–Crippen LogP) is 3.52. The number of aryl methyl sites for hydroxylation is 2. The fourth-order valence-electron chi connectivity index (χ4n) is 3.15. The van der Waals surface area contributed by atoms with Crippen molar-refractivity contribution >= 4 is 27.4 Å². The van der Waals surface area contributed by atoms with Gasteiger partial charge in [0.15, 0.2) is 0 Å². The van der Waals surface area contributed by atoms with Crippen LogP contribution in [0.25, 0.3) is 0 Å². The molecule has 0 aliphatic heterocycles. The van der Waals surface area contributed by atoms with E-state index in [4.69, 9.17) is 4.74 Å². The van der Waals surface area contributed by atoms with E-state index in [9.17, 15) is 13.2 Å². The molecule has 2 heterocycles. The number of carbonyl (C=O) groups is 1. The van der Waals surface area contributed by atoms with Gasteiger partial charge in [0.05, 0.1) is 4.90 Å². The lowest BCUT2D eigenvalue weighted by molar-refractivity contribution is 0.102. The summed E-state index contributed by atoms with van der Waals surface area (Å²) in [6.45, 7) is 3.73. The average molecular weight is 491 g/mol. The van der Waals surface area contributed by atoms with Gasteiger partial charge < -0.3 is 10.1 Å². The Morgan fingerprint density at radius 3 is 2.40 bits per heavy atom. The molecule has 0 aliphatic carbocycles. The maximum atomic E-state index is 12.7. The molecule has 10 nitrogen and oxygen atoms in total. The minimum Gasteiger partial charge on any atom is -0.473 e. The molecule has 4 rings (SSSR count). The summed E-state index contributed by atoms with van der Waals surface area (Å²) in [6, 6.07) is 18.3. The molecule has 0 unspecified atom stereocenters. The van der Waals surface area contributed by atoms with E-state index < -0.39 is 15.9 Å². The van der Waals surface area contributed by atoms with Gasteiger partial charge in [-0.05, 0) is 43.7 Å². The number of hydrogen-bond acceptors (Lipinski definition) is 8. The largest absolute Gasteiger partial charge is 0.473 e. The summed E-state index contributed by atoms with van der Waals surface area (Å²) in [6.07, 6.45) is 1.24. The predicted molar refractivity (Wildman–Crippen MR) is 130 cm³/mol. The number of amides is 1. The number of sulfonamides is 1. The zero-order valence-corrected chi connectivity index (χ0v) is 19.8. The van der Waals surface area contributed by atoms with Gasteiger partial charge in [-0.3, -0.25) is 9.52 Å². The smallest absolute Gasteiger partial charge is 0.274 e. The van der Waals surface area contributed by atoms with E-state index in [1.54, 1.807) is 19.9 Å². The van der Waals surface area contributed by atoms with Crippen molar-refractivity contribution in [1.29, 1.82) is 0 Å². The molecule has 0 aliphatic rings. The van der Waals surface area contributed by atoms with Crippen molar-refractivity contribution in [2.75, 3.05) is 10.0 Å². The third kappa shape index (κ3) is 6.36. The highest BCUT2D eigenvalue weighted by Crippen LogP contribution is 2.19.